The molecule has 0 amide bonds. The van der Waals surface area contributed by atoms with Gasteiger partial charge in [0.05, 0.1) is 0 Å². The Hall–Kier alpha value is -2.09. The molecule has 0 radical (unpaired) electrons. The fourth-order valence-electron chi connectivity index (χ4n) is 9.65. The van der Waals surface area contributed by atoms with E-state index in [2.05, 4.69) is 219 Å². The molecule has 478 valence electrons. The lowest BCUT2D eigenvalue weighted by Gasteiger charge is -2.19. The van der Waals surface area contributed by atoms with Crippen LogP contribution in [-0.4, -0.2) is 63.5 Å². The molecule has 1 aliphatic rings. The van der Waals surface area contributed by atoms with Gasteiger partial charge in [0.25, 0.3) is 0 Å². The van der Waals surface area contributed by atoms with Crippen LogP contribution in [0.1, 0.15) is 164 Å². The van der Waals surface area contributed by atoms with E-state index in [1.165, 1.54) is 197 Å². The number of unbranched alkanes of at least 4 members (excludes halogenated alkanes) is 9. The van der Waals surface area contributed by atoms with Gasteiger partial charge < -0.3 is 0 Å². The van der Waals surface area contributed by atoms with E-state index in [0.717, 1.165) is 48.6 Å². The third-order valence-electron chi connectivity index (χ3n) is 14.8. The van der Waals surface area contributed by atoms with Crippen LogP contribution in [0.4, 0.5) is 0 Å². The van der Waals surface area contributed by atoms with Crippen molar-refractivity contribution in [3.8, 4) is 33.4 Å². The highest BCUT2D eigenvalue weighted by Gasteiger charge is 2.36. The lowest BCUT2D eigenvalue weighted by Crippen LogP contribution is -1.98. The normalized spacial score (nSPS) is 12.0. The molecular formula is C74H107BO3P6S4. The fourth-order valence-corrected chi connectivity index (χ4v) is 20.7. The van der Waals surface area contributed by atoms with Gasteiger partial charge >= 0.3 is 0 Å². The molecule has 1 saturated heterocycles. The minimum Gasteiger partial charge on any atom is -0.275 e. The Labute approximate surface area is 564 Å². The second-order valence-corrected chi connectivity index (χ2v) is 36.4. The SMILES string of the molecule is CC1(C)OO1.CCCCCc1ccc(-c2ccc(CCCCP)cc2)cc1.CCCCCc1ccc(-c2ccc(CCCCP=O)cc2)cc1.CCCCCc1ccc(-c2ccc(CCCCP=S)cc2)cc1.CPB(P(C)C)P(C)C.S=c1ccss1. The molecule has 0 bridgehead atoms. The molecule has 0 N–H and O–H groups in total. The summed E-state index contributed by atoms with van der Waals surface area (Å²) >= 11 is 9.74. The highest BCUT2D eigenvalue weighted by molar-refractivity contribution is 8.37. The van der Waals surface area contributed by atoms with Crippen LogP contribution in [0.5, 0.6) is 0 Å². The summed E-state index contributed by atoms with van der Waals surface area (Å²) in [5.74, 6) is 0.829. The third-order valence-corrected chi connectivity index (χ3v) is 29.2. The van der Waals surface area contributed by atoms with Gasteiger partial charge in [-0.15, -0.1) is 33.3 Å². The van der Waals surface area contributed by atoms with Crippen LogP contribution in [0.15, 0.2) is 157 Å². The van der Waals surface area contributed by atoms with Crippen molar-refractivity contribution in [3.63, 3.8) is 0 Å². The molecule has 2 atom stereocenters. The molecule has 0 saturated carbocycles. The molecule has 0 spiro atoms. The van der Waals surface area contributed by atoms with Crippen molar-refractivity contribution in [1.29, 1.82) is 0 Å². The second-order valence-electron chi connectivity index (χ2n) is 23.4. The topological polar surface area (TPSA) is 42.1 Å². The van der Waals surface area contributed by atoms with Crippen molar-refractivity contribution in [2.24, 2.45) is 0 Å². The van der Waals surface area contributed by atoms with Crippen LogP contribution in [0.2, 0.25) is 0 Å². The summed E-state index contributed by atoms with van der Waals surface area (Å²) in [6.45, 7) is 22.4. The summed E-state index contributed by atoms with van der Waals surface area (Å²) in [5, 5.41) is 1.99. The lowest BCUT2D eigenvalue weighted by molar-refractivity contribution is 0.0850. The quantitative estimate of drug-likeness (QED) is 0.00800. The van der Waals surface area contributed by atoms with Gasteiger partial charge in [-0.3, -0.25) is 4.57 Å². The first-order valence-corrected chi connectivity index (χ1v) is 45.1. The van der Waals surface area contributed by atoms with E-state index < -0.39 is 0 Å². The summed E-state index contributed by atoms with van der Waals surface area (Å²) in [6, 6.07) is 56.2. The maximum atomic E-state index is 10.4. The number of hydrogen-bond donors (Lipinski definition) is 0. The van der Waals surface area contributed by atoms with Crippen molar-refractivity contribution in [2.45, 2.75) is 175 Å². The van der Waals surface area contributed by atoms with Crippen LogP contribution in [0.3, 0.4) is 0 Å². The van der Waals surface area contributed by atoms with E-state index in [1.54, 1.807) is 20.7 Å². The molecule has 1 fully saturated rings. The molecule has 14 heteroatoms. The van der Waals surface area contributed by atoms with E-state index >= 15 is 0 Å². The van der Waals surface area contributed by atoms with Crippen molar-refractivity contribution >= 4 is 99.7 Å². The maximum absolute atomic E-state index is 10.4. The van der Waals surface area contributed by atoms with E-state index in [4.69, 9.17) is 24.0 Å². The first kappa shape index (κ1) is 80.2. The van der Waals surface area contributed by atoms with E-state index in [0.29, 0.717) is 15.6 Å². The van der Waals surface area contributed by atoms with Crippen LogP contribution in [0.25, 0.3) is 33.4 Å². The Kier molecular flexibility index (Phi) is 45.9. The van der Waals surface area contributed by atoms with Gasteiger partial charge in [0.2, 0.25) is 11.7 Å². The lowest BCUT2D eigenvalue weighted by atomic mass is 9.99. The molecule has 0 aliphatic carbocycles. The van der Waals surface area contributed by atoms with Gasteiger partial charge in [0.15, 0.2) is 8.46 Å². The summed E-state index contributed by atoms with van der Waals surface area (Å²) < 4.78 is 11.4. The second kappa shape index (κ2) is 50.4. The zero-order chi connectivity index (χ0) is 64.0. The number of aryl methyl sites for hydroxylation is 6. The van der Waals surface area contributed by atoms with E-state index in [-0.39, 0.29) is 14.2 Å². The minimum atomic E-state index is -0.250. The van der Waals surface area contributed by atoms with Crippen LogP contribution < -0.4 is 0 Å². The van der Waals surface area contributed by atoms with Crippen LogP contribution in [-0.2, 0) is 64.7 Å². The Bertz CT molecular complexity index is 2690. The first-order chi connectivity index (χ1) is 42.7. The summed E-state index contributed by atoms with van der Waals surface area (Å²) in [5.41, 5.74) is 16.5. The summed E-state index contributed by atoms with van der Waals surface area (Å²) in [4.78, 5) is 8.79. The van der Waals surface area contributed by atoms with Crippen molar-refractivity contribution in [2.75, 3.05) is 51.8 Å². The zero-order valence-corrected chi connectivity index (χ0v) is 64.3. The van der Waals surface area contributed by atoms with Crippen LogP contribution >= 0.6 is 82.0 Å². The Morgan fingerprint density at radius 1 is 0.466 bits per heavy atom. The predicted octanol–water partition coefficient (Wildman–Crippen LogP) is 25.8. The number of rotatable bonds is 32. The standard InChI is InChI=1S/C21H27OP.C21H27PS.C21H29P.C5H16BP3.C3H6O2.C3H2S3/c1-2-3-4-7-18-9-13-20(14-10-18)21-15-11-19(12-16-21)8-5-6-17-23-22;1-2-3-4-7-18-9-13-20(14-10-18)21-15-11-19(12-16-21)8-5-6-17-22-23;1-2-3-4-7-18-9-13-20(14-10-18)21-15-11-19(12-16-21)8-5-6-17-22;1-7-6(8(2)3)9(4)5;1-3(2)4-5-3;4-3-1-2-5-6-3/h2*9-16H,2-8,17H2,1H3;9-16H,2-8,17,22H2,1H3;7H,1-5H3;1-2H3;1-2H. The van der Waals surface area contributed by atoms with Gasteiger partial charge in [-0.2, -0.15) is 9.78 Å². The number of benzene rings is 6. The first-order valence-electron chi connectivity index (χ1n) is 32.4. The molecule has 7 aromatic rings. The predicted molar refractivity (Wildman–Crippen MR) is 417 cm³/mol. The fraction of sp³-hybridized carbons (Fsp3) is 0.473. The Morgan fingerprint density at radius 2 is 0.739 bits per heavy atom. The molecule has 6 aromatic carbocycles. The van der Waals surface area contributed by atoms with Crippen LogP contribution in [0, 0.1) is 3.82 Å². The summed E-state index contributed by atoms with van der Waals surface area (Å²) in [6.07, 6.45) is 29.1. The molecule has 1 aliphatic heterocycles. The van der Waals surface area contributed by atoms with Gasteiger partial charge in [-0.25, -0.2) is 0 Å². The van der Waals surface area contributed by atoms with E-state index in [9.17, 15) is 4.57 Å². The molecule has 3 nitrogen and oxygen atoms in total. The van der Waals surface area contributed by atoms with Gasteiger partial charge in [0, 0.05) is 11.5 Å². The average Bonchev–Trinajstić information content (AvgIpc) is 4.17. The third kappa shape index (κ3) is 37.6. The molecule has 88 heavy (non-hydrogen) atoms. The largest absolute Gasteiger partial charge is 0.275 e. The molecule has 8 rings (SSSR count). The van der Waals surface area contributed by atoms with Crippen molar-refractivity contribution < 1.29 is 14.3 Å². The van der Waals surface area contributed by atoms with Crippen molar-refractivity contribution in [1.82, 2.24) is 0 Å². The summed E-state index contributed by atoms with van der Waals surface area (Å²) in [7, 11) is 9.34. The van der Waals surface area contributed by atoms with Gasteiger partial charge in [0.1, 0.15) is 3.82 Å². The zero-order valence-electron chi connectivity index (χ0n) is 55.3. The van der Waals surface area contributed by atoms with E-state index in [1.807, 2.05) is 25.3 Å². The minimum absolute atomic E-state index is 0.250. The maximum Gasteiger partial charge on any atom is 0.228 e. The van der Waals surface area contributed by atoms with Crippen molar-refractivity contribution in [3.05, 3.63) is 194 Å². The molecular weight excluding hydrogens is 1260 g/mol. The highest BCUT2D eigenvalue weighted by atomic mass is 32.9. The smallest absolute Gasteiger partial charge is 0.228 e. The monoisotopic (exact) mass is 1370 g/mol. The average molecular weight is 1370 g/mol. The van der Waals surface area contributed by atoms with Gasteiger partial charge in [-0.1, -0.05) is 283 Å². The molecule has 1 aromatic heterocycles. The highest BCUT2D eigenvalue weighted by Crippen LogP contribution is 2.53. The Morgan fingerprint density at radius 3 is 0.909 bits per heavy atom. The van der Waals surface area contributed by atoms with Gasteiger partial charge in [-0.05, 0) is 203 Å². The number of hydrogen-bond acceptors (Lipinski definition) is 7. The molecule has 2 heterocycles. The Balaban J connectivity index is 0.000000297. The molecule has 2 unspecified atom stereocenters.